The van der Waals surface area contributed by atoms with Crippen molar-refractivity contribution < 1.29 is 19.1 Å². The van der Waals surface area contributed by atoms with Crippen molar-refractivity contribution in [1.82, 2.24) is 0 Å². The van der Waals surface area contributed by atoms with Crippen molar-refractivity contribution in [3.05, 3.63) is 96.1 Å². The molecule has 0 heterocycles. The van der Waals surface area contributed by atoms with Crippen molar-refractivity contribution in [2.24, 2.45) is 4.99 Å². The van der Waals surface area contributed by atoms with Gasteiger partial charge in [0.15, 0.2) is 0 Å². The predicted molar refractivity (Wildman–Crippen MR) is 150 cm³/mol. The van der Waals surface area contributed by atoms with Crippen LogP contribution in [-0.4, -0.2) is 24.5 Å². The molecule has 0 aliphatic heterocycles. The fourth-order valence-electron chi connectivity index (χ4n) is 2.53. The highest BCUT2D eigenvalue weighted by molar-refractivity contribution is 6.63. The minimum absolute atomic E-state index is 0.233. The van der Waals surface area contributed by atoms with E-state index in [0.29, 0.717) is 13.0 Å². The number of aliphatic imine (C=N–C) groups is 1. The highest BCUT2D eigenvalue weighted by atomic mass is 35.5. The van der Waals surface area contributed by atoms with Gasteiger partial charge in [-0.05, 0) is 65.5 Å². The molecule has 0 saturated carbocycles. The number of halogens is 1. The summed E-state index contributed by atoms with van der Waals surface area (Å²) < 4.78 is 10.1. The van der Waals surface area contributed by atoms with Crippen molar-refractivity contribution in [3.8, 4) is 5.75 Å². The Labute approximate surface area is 221 Å². The van der Waals surface area contributed by atoms with Crippen LogP contribution < -0.4 is 4.74 Å². The third-order valence-corrected chi connectivity index (χ3v) is 4.42. The second-order valence-electron chi connectivity index (χ2n) is 6.72. The Morgan fingerprint density at radius 2 is 1.36 bits per heavy atom. The molecule has 0 radical (unpaired) electrons. The molecule has 0 amide bonds. The summed E-state index contributed by atoms with van der Waals surface area (Å²) in [6, 6.07) is 28.0. The molecule has 3 aromatic rings. The van der Waals surface area contributed by atoms with E-state index in [1.165, 1.54) is 7.11 Å². The Bertz CT molecular complexity index is 975. The van der Waals surface area contributed by atoms with Gasteiger partial charge < -0.3 is 9.47 Å². The summed E-state index contributed by atoms with van der Waals surface area (Å²) >= 11 is 5.01. The number of esters is 1. The quantitative estimate of drug-likeness (QED) is 0.165. The van der Waals surface area contributed by atoms with Gasteiger partial charge in [-0.15, -0.1) is 0 Å². The van der Waals surface area contributed by atoms with Crippen molar-refractivity contribution in [2.75, 3.05) is 7.11 Å². The smallest absolute Gasteiger partial charge is 0.305 e. The Kier molecular flexibility index (Phi) is 19.9. The first-order valence-corrected chi connectivity index (χ1v) is 12.6. The molecule has 3 aromatic carbocycles. The summed E-state index contributed by atoms with van der Waals surface area (Å²) in [6.45, 7) is 8.58. The number of rotatable bonds is 9. The molecule has 0 saturated heterocycles. The summed E-state index contributed by atoms with van der Waals surface area (Å²) in [6.07, 6.45) is 2.82. The maximum atomic E-state index is 10.4. The molecular formula is C30H38ClNO4. The molecule has 0 atom stereocenters. The minimum atomic E-state index is -0.413. The van der Waals surface area contributed by atoms with E-state index in [0.717, 1.165) is 22.6 Å². The van der Waals surface area contributed by atoms with Gasteiger partial charge in [-0.25, -0.2) is 0 Å². The Balaban J connectivity index is 0.000000742. The number of para-hydroxylation sites is 1. The monoisotopic (exact) mass is 511 g/mol. The van der Waals surface area contributed by atoms with Crippen LogP contribution in [0.5, 0.6) is 5.75 Å². The normalized spacial score (nSPS) is 9.39. The molecule has 5 nitrogen and oxygen atoms in total. The van der Waals surface area contributed by atoms with Gasteiger partial charge in [0.05, 0.1) is 12.8 Å². The van der Waals surface area contributed by atoms with E-state index < -0.39 is 5.24 Å². The molecule has 0 aliphatic carbocycles. The fraction of sp³-hybridized carbons (Fsp3) is 0.300. The zero-order valence-electron chi connectivity index (χ0n) is 21.9. The van der Waals surface area contributed by atoms with E-state index in [1.807, 2.05) is 107 Å². The molecule has 194 valence electrons. The average Bonchev–Trinajstić information content (AvgIpc) is 2.95. The van der Waals surface area contributed by atoms with Crippen LogP contribution in [-0.2, 0) is 20.9 Å². The van der Waals surface area contributed by atoms with Gasteiger partial charge in [-0.1, -0.05) is 76.2 Å². The van der Waals surface area contributed by atoms with Crippen LogP contribution in [0, 0.1) is 0 Å². The topological polar surface area (TPSA) is 65.0 Å². The van der Waals surface area contributed by atoms with Gasteiger partial charge in [-0.3, -0.25) is 14.6 Å². The van der Waals surface area contributed by atoms with E-state index in [4.69, 9.17) is 16.3 Å². The van der Waals surface area contributed by atoms with Crippen LogP contribution in [0.2, 0.25) is 0 Å². The molecule has 0 unspecified atom stereocenters. The SMILES string of the molecule is C(=Nc1ccccc1)c1ccc(OCc2ccccc2)cc1.CC.CC.COC(=O)CCCC(=O)Cl. The van der Waals surface area contributed by atoms with E-state index >= 15 is 0 Å². The number of methoxy groups -OCH3 is 1. The second kappa shape index (κ2) is 22.1. The summed E-state index contributed by atoms with van der Waals surface area (Å²) in [5.41, 5.74) is 3.17. The largest absolute Gasteiger partial charge is 0.489 e. The first-order chi connectivity index (χ1) is 17.6. The lowest BCUT2D eigenvalue weighted by atomic mass is 10.2. The molecular weight excluding hydrogens is 474 g/mol. The molecule has 0 N–H and O–H groups in total. The number of carbonyl (C=O) groups is 2. The zero-order chi connectivity index (χ0) is 27.0. The van der Waals surface area contributed by atoms with Crippen molar-refractivity contribution in [3.63, 3.8) is 0 Å². The zero-order valence-corrected chi connectivity index (χ0v) is 22.7. The molecule has 3 rings (SSSR count). The van der Waals surface area contributed by atoms with Gasteiger partial charge in [0.2, 0.25) is 5.24 Å². The lowest BCUT2D eigenvalue weighted by Crippen LogP contribution is -2.00. The number of ether oxygens (including phenoxy) is 2. The number of carbonyl (C=O) groups excluding carboxylic acids is 2. The molecule has 0 fully saturated rings. The third-order valence-electron chi connectivity index (χ3n) is 4.23. The van der Waals surface area contributed by atoms with E-state index in [1.54, 1.807) is 0 Å². The lowest BCUT2D eigenvalue weighted by molar-refractivity contribution is -0.140. The maximum absolute atomic E-state index is 10.4. The molecule has 0 bridgehead atoms. The van der Waals surface area contributed by atoms with Crippen molar-refractivity contribution in [2.45, 2.75) is 53.6 Å². The molecule has 0 aromatic heterocycles. The predicted octanol–water partition coefficient (Wildman–Crippen LogP) is 8.16. The van der Waals surface area contributed by atoms with E-state index in [-0.39, 0.29) is 18.8 Å². The van der Waals surface area contributed by atoms with E-state index in [9.17, 15) is 9.59 Å². The summed E-state index contributed by atoms with van der Waals surface area (Å²) in [5.74, 6) is 0.554. The van der Waals surface area contributed by atoms with Crippen LogP contribution in [0.1, 0.15) is 58.1 Å². The number of nitrogens with zero attached hydrogens (tertiary/aromatic N) is 1. The number of hydrogen-bond acceptors (Lipinski definition) is 5. The van der Waals surface area contributed by atoms with Gasteiger partial charge in [0.25, 0.3) is 0 Å². The highest BCUT2D eigenvalue weighted by Crippen LogP contribution is 2.15. The molecule has 6 heteroatoms. The molecule has 0 spiro atoms. The lowest BCUT2D eigenvalue weighted by Gasteiger charge is -2.06. The Morgan fingerprint density at radius 3 is 1.89 bits per heavy atom. The van der Waals surface area contributed by atoms with Crippen LogP contribution in [0.4, 0.5) is 5.69 Å². The van der Waals surface area contributed by atoms with Crippen LogP contribution >= 0.6 is 11.6 Å². The summed E-state index contributed by atoms with van der Waals surface area (Å²) in [5, 5.41) is -0.413. The first-order valence-electron chi connectivity index (χ1n) is 12.2. The standard InChI is InChI=1S/C20H17NO.C6H9ClO3.2C2H6/c1-3-7-18(8-4-1)16-22-20-13-11-17(12-14-20)15-21-19-9-5-2-6-10-19;1-10-6(9)4-2-3-5(7)8;2*1-2/h1-15H,16H2;2-4H2,1H3;2*1-2H3. The maximum Gasteiger partial charge on any atom is 0.305 e. The third kappa shape index (κ3) is 16.2. The van der Waals surface area contributed by atoms with Gasteiger partial charge in [0.1, 0.15) is 12.4 Å². The van der Waals surface area contributed by atoms with Crippen LogP contribution in [0.3, 0.4) is 0 Å². The summed E-state index contributed by atoms with van der Waals surface area (Å²) in [4.78, 5) is 25.0. The van der Waals surface area contributed by atoms with Gasteiger partial charge in [0, 0.05) is 19.1 Å². The average molecular weight is 512 g/mol. The first kappa shape index (κ1) is 32.6. The minimum Gasteiger partial charge on any atom is -0.489 e. The van der Waals surface area contributed by atoms with Gasteiger partial charge in [-0.2, -0.15) is 0 Å². The Hall–Kier alpha value is -3.44. The second-order valence-corrected chi connectivity index (χ2v) is 7.14. The summed E-state index contributed by atoms with van der Waals surface area (Å²) in [7, 11) is 1.31. The number of hydrogen-bond donors (Lipinski definition) is 0. The molecule has 0 aliphatic rings. The van der Waals surface area contributed by atoms with E-state index in [2.05, 4.69) is 21.9 Å². The molecule has 36 heavy (non-hydrogen) atoms. The Morgan fingerprint density at radius 1 is 0.806 bits per heavy atom. The van der Waals surface area contributed by atoms with Crippen LogP contribution in [0.15, 0.2) is 89.9 Å². The van der Waals surface area contributed by atoms with Crippen LogP contribution in [0.25, 0.3) is 0 Å². The van der Waals surface area contributed by atoms with Crippen molar-refractivity contribution >= 4 is 34.7 Å². The van der Waals surface area contributed by atoms with Crippen molar-refractivity contribution in [1.29, 1.82) is 0 Å². The number of benzene rings is 3. The highest BCUT2D eigenvalue weighted by Gasteiger charge is 2.01. The fourth-order valence-corrected chi connectivity index (χ4v) is 2.66. The van der Waals surface area contributed by atoms with Gasteiger partial charge >= 0.3 is 5.97 Å².